The largest absolute Gasteiger partial charge is 0.481 e. The van der Waals surface area contributed by atoms with E-state index < -0.39 is 5.97 Å². The van der Waals surface area contributed by atoms with Crippen LogP contribution < -0.4 is 5.32 Å². The highest BCUT2D eigenvalue weighted by Crippen LogP contribution is 2.21. The van der Waals surface area contributed by atoms with E-state index in [2.05, 4.69) is 5.32 Å². The monoisotopic (exact) mass is 226 g/mol. The highest BCUT2D eigenvalue weighted by atomic mass is 35.5. The minimum Gasteiger partial charge on any atom is -0.481 e. The van der Waals surface area contributed by atoms with Crippen LogP contribution in [0.5, 0.6) is 0 Å². The lowest BCUT2D eigenvalue weighted by molar-refractivity contribution is -0.135. The maximum absolute atomic E-state index is 10.5. The first kappa shape index (κ1) is 11.5. The minimum absolute atomic E-state index is 0.0588. The summed E-state index contributed by atoms with van der Waals surface area (Å²) in [4.78, 5) is 10.5. The van der Waals surface area contributed by atoms with Crippen molar-refractivity contribution in [2.45, 2.75) is 6.42 Å². The molecule has 0 spiro atoms. The molecule has 4 nitrogen and oxygen atoms in total. The van der Waals surface area contributed by atoms with Crippen molar-refractivity contribution in [3.05, 3.63) is 28.8 Å². The number of rotatable bonds is 4. The fourth-order valence-electron chi connectivity index (χ4n) is 1.23. The maximum Gasteiger partial charge on any atom is 0.309 e. The van der Waals surface area contributed by atoms with Gasteiger partial charge in [-0.15, -0.1) is 0 Å². The molecule has 0 radical (unpaired) electrons. The van der Waals surface area contributed by atoms with E-state index in [-0.39, 0.29) is 12.1 Å². The molecule has 1 aromatic carbocycles. The van der Waals surface area contributed by atoms with Crippen LogP contribution in [0.4, 0.5) is 5.69 Å². The normalized spacial score (nSPS) is 9.73. The van der Waals surface area contributed by atoms with Crippen LogP contribution in [0.15, 0.2) is 18.2 Å². The predicted octanol–water partition coefficient (Wildman–Crippen LogP) is 2.22. The summed E-state index contributed by atoms with van der Waals surface area (Å²) in [6.45, 7) is 0. The van der Waals surface area contributed by atoms with Gasteiger partial charge in [-0.05, 0) is 18.2 Å². The fraction of sp³-hybridized carbons (Fsp3) is 0.200. The first-order valence-corrected chi connectivity index (χ1v) is 4.69. The molecule has 0 heterocycles. The summed E-state index contributed by atoms with van der Waals surface area (Å²) in [5.74, 6) is -1.02. The van der Waals surface area contributed by atoms with Crippen LogP contribution in [0.1, 0.15) is 12.0 Å². The van der Waals surface area contributed by atoms with E-state index >= 15 is 0 Å². The third-order valence-electron chi connectivity index (χ3n) is 1.90. The molecule has 0 amide bonds. The zero-order chi connectivity index (χ0) is 11.4. The van der Waals surface area contributed by atoms with Gasteiger partial charge in [0.25, 0.3) is 0 Å². The second-order valence-corrected chi connectivity index (χ2v) is 3.43. The highest BCUT2D eigenvalue weighted by Gasteiger charge is 2.10. The lowest BCUT2D eigenvalue weighted by Crippen LogP contribution is -2.09. The molecule has 0 saturated carbocycles. The van der Waals surface area contributed by atoms with Crippen molar-refractivity contribution < 1.29 is 9.90 Å². The number of carboxylic acid groups (broad SMARTS) is 1. The lowest BCUT2D eigenvalue weighted by atomic mass is 10.1. The molecule has 0 aliphatic heterocycles. The van der Waals surface area contributed by atoms with Crippen LogP contribution in [0.2, 0.25) is 5.02 Å². The van der Waals surface area contributed by atoms with Crippen LogP contribution >= 0.6 is 11.6 Å². The summed E-state index contributed by atoms with van der Waals surface area (Å²) in [6, 6.07) is 4.93. The molecule has 0 bridgehead atoms. The molecular formula is C10H11ClN2O2. The van der Waals surface area contributed by atoms with E-state index in [1.165, 1.54) is 0 Å². The lowest BCUT2D eigenvalue weighted by Gasteiger charge is -2.09. The zero-order valence-corrected chi connectivity index (χ0v) is 8.93. The number of halogens is 1. The molecule has 0 aliphatic carbocycles. The number of hydrogen-bond donors (Lipinski definition) is 3. The third-order valence-corrected chi connectivity index (χ3v) is 2.14. The quantitative estimate of drug-likeness (QED) is 0.690. The minimum atomic E-state index is -1.02. The molecule has 0 unspecified atom stereocenters. The number of carboxylic acids is 1. The molecule has 3 N–H and O–H groups in total. The standard InChI is InChI=1S/C10H11ClN2O2/c1-13-9-4-6(11)2-3-7(9)8(12)5-10(14)15/h2-4,12-13H,5H2,1H3,(H,14,15). The van der Waals surface area contributed by atoms with Gasteiger partial charge in [0, 0.05) is 23.3 Å². The summed E-state index contributed by atoms with van der Waals surface area (Å²) < 4.78 is 0. The van der Waals surface area contributed by atoms with Crippen LogP contribution in [0, 0.1) is 5.41 Å². The van der Waals surface area contributed by atoms with Gasteiger partial charge in [-0.1, -0.05) is 11.6 Å². The van der Waals surface area contributed by atoms with Crippen molar-refractivity contribution >= 4 is 29.0 Å². The summed E-state index contributed by atoms with van der Waals surface area (Å²) in [6.07, 6.45) is -0.295. The summed E-state index contributed by atoms with van der Waals surface area (Å²) in [7, 11) is 1.70. The van der Waals surface area contributed by atoms with Gasteiger partial charge in [0.05, 0.1) is 12.1 Å². The van der Waals surface area contributed by atoms with Gasteiger partial charge in [0.2, 0.25) is 0 Å². The predicted molar refractivity (Wildman–Crippen MR) is 60.1 cm³/mol. The van der Waals surface area contributed by atoms with E-state index in [4.69, 9.17) is 22.1 Å². The smallest absolute Gasteiger partial charge is 0.309 e. The Balaban J connectivity index is 3.02. The zero-order valence-electron chi connectivity index (χ0n) is 8.17. The van der Waals surface area contributed by atoms with Gasteiger partial charge in [0.1, 0.15) is 0 Å². The molecule has 1 aromatic rings. The van der Waals surface area contributed by atoms with Crippen molar-refractivity contribution in [2.24, 2.45) is 0 Å². The Bertz CT molecular complexity index is 404. The topological polar surface area (TPSA) is 73.2 Å². The average Bonchev–Trinajstić information content (AvgIpc) is 2.16. The van der Waals surface area contributed by atoms with Crippen molar-refractivity contribution in [2.75, 3.05) is 12.4 Å². The molecule has 15 heavy (non-hydrogen) atoms. The van der Waals surface area contributed by atoms with Crippen LogP contribution in [0.25, 0.3) is 0 Å². The Morgan fingerprint density at radius 1 is 1.60 bits per heavy atom. The number of nitrogens with one attached hydrogen (secondary N) is 2. The Hall–Kier alpha value is -1.55. The van der Waals surface area contributed by atoms with Gasteiger partial charge in [-0.2, -0.15) is 0 Å². The van der Waals surface area contributed by atoms with Crippen LogP contribution in [0.3, 0.4) is 0 Å². The second kappa shape index (κ2) is 4.79. The number of anilines is 1. The number of benzene rings is 1. The van der Waals surface area contributed by atoms with Crippen molar-refractivity contribution in [3.63, 3.8) is 0 Å². The Labute approximate surface area is 92.4 Å². The van der Waals surface area contributed by atoms with Crippen molar-refractivity contribution in [1.82, 2.24) is 0 Å². The number of aliphatic carboxylic acids is 1. The molecular weight excluding hydrogens is 216 g/mol. The summed E-state index contributed by atoms with van der Waals surface area (Å²) >= 11 is 5.78. The molecule has 80 valence electrons. The van der Waals surface area contributed by atoms with Gasteiger partial charge >= 0.3 is 5.97 Å². The average molecular weight is 227 g/mol. The molecule has 0 saturated heterocycles. The van der Waals surface area contributed by atoms with Gasteiger partial charge in [0.15, 0.2) is 0 Å². The fourth-order valence-corrected chi connectivity index (χ4v) is 1.41. The molecule has 0 aliphatic rings. The van der Waals surface area contributed by atoms with Crippen molar-refractivity contribution in [3.8, 4) is 0 Å². The van der Waals surface area contributed by atoms with E-state index in [0.29, 0.717) is 16.3 Å². The van der Waals surface area contributed by atoms with E-state index in [1.807, 2.05) is 0 Å². The maximum atomic E-state index is 10.5. The Morgan fingerprint density at radius 2 is 2.27 bits per heavy atom. The van der Waals surface area contributed by atoms with Crippen molar-refractivity contribution in [1.29, 1.82) is 5.41 Å². The van der Waals surface area contributed by atoms with E-state index in [9.17, 15) is 4.79 Å². The van der Waals surface area contributed by atoms with E-state index in [1.54, 1.807) is 25.2 Å². The first-order valence-electron chi connectivity index (χ1n) is 4.31. The number of carbonyl (C=O) groups is 1. The second-order valence-electron chi connectivity index (χ2n) is 2.99. The molecule has 0 aromatic heterocycles. The molecule has 0 atom stereocenters. The van der Waals surface area contributed by atoms with E-state index in [0.717, 1.165) is 0 Å². The van der Waals surface area contributed by atoms with Crippen LogP contribution in [-0.4, -0.2) is 23.8 Å². The van der Waals surface area contributed by atoms with Crippen LogP contribution in [-0.2, 0) is 4.79 Å². The van der Waals surface area contributed by atoms with Gasteiger partial charge in [-0.3, -0.25) is 4.79 Å². The SMILES string of the molecule is CNc1cc(Cl)ccc1C(=N)CC(=O)O. The Kier molecular flexibility index (Phi) is 3.68. The number of hydrogen-bond acceptors (Lipinski definition) is 3. The van der Waals surface area contributed by atoms with Gasteiger partial charge in [-0.25, -0.2) is 0 Å². The van der Waals surface area contributed by atoms with Gasteiger partial charge < -0.3 is 15.8 Å². The molecule has 0 fully saturated rings. The first-order chi connectivity index (χ1) is 7.04. The highest BCUT2D eigenvalue weighted by molar-refractivity contribution is 6.31. The summed E-state index contributed by atoms with van der Waals surface area (Å²) in [5.41, 5.74) is 1.28. The molecule has 5 heteroatoms. The summed E-state index contributed by atoms with van der Waals surface area (Å²) in [5, 5.41) is 19.6. The Morgan fingerprint density at radius 3 is 2.80 bits per heavy atom. The third kappa shape index (κ3) is 2.95. The molecule has 1 rings (SSSR count).